The minimum atomic E-state index is -0.934. The highest BCUT2D eigenvalue weighted by atomic mass is 19.1. The number of rotatable bonds is 5. The first-order valence-electron chi connectivity index (χ1n) is 6.07. The molecule has 1 atom stereocenters. The molecule has 1 N–H and O–H groups in total. The van der Waals surface area contributed by atoms with E-state index in [9.17, 15) is 4.39 Å². The summed E-state index contributed by atoms with van der Waals surface area (Å²) in [6.45, 7) is 10.4. The molecule has 1 aromatic heterocycles. The predicted octanol–water partition coefficient (Wildman–Crippen LogP) is 2.13. The molecule has 0 bridgehead atoms. The van der Waals surface area contributed by atoms with Crippen molar-refractivity contribution in [1.29, 1.82) is 0 Å². The van der Waals surface area contributed by atoms with Crippen molar-refractivity contribution < 1.29 is 4.39 Å². The maximum Gasteiger partial charge on any atom is 0.138 e. The van der Waals surface area contributed by atoms with Crippen LogP contribution in [-0.2, 0) is 6.42 Å². The number of alkyl halides is 1. The fourth-order valence-corrected chi connectivity index (χ4v) is 1.54. The summed E-state index contributed by atoms with van der Waals surface area (Å²) in [5.74, 6) is 0.711. The van der Waals surface area contributed by atoms with Crippen LogP contribution in [0, 0.1) is 0 Å². The fourth-order valence-electron chi connectivity index (χ4n) is 1.54. The molecule has 5 heteroatoms. The third kappa shape index (κ3) is 4.81. The summed E-state index contributed by atoms with van der Waals surface area (Å²) in [6.07, 6.45) is 0.858. The molecule has 0 aliphatic rings. The van der Waals surface area contributed by atoms with Gasteiger partial charge in [0.1, 0.15) is 18.3 Å². The van der Waals surface area contributed by atoms with Crippen LogP contribution in [0.15, 0.2) is 6.33 Å². The Morgan fingerprint density at radius 1 is 1.41 bits per heavy atom. The van der Waals surface area contributed by atoms with Crippen molar-refractivity contribution >= 4 is 0 Å². The third-order valence-electron chi connectivity index (χ3n) is 2.39. The maximum absolute atomic E-state index is 13.8. The van der Waals surface area contributed by atoms with Gasteiger partial charge in [0, 0.05) is 24.5 Å². The molecule has 1 unspecified atom stereocenters. The number of halogens is 1. The van der Waals surface area contributed by atoms with E-state index in [2.05, 4.69) is 15.4 Å². The largest absolute Gasteiger partial charge is 0.309 e. The van der Waals surface area contributed by atoms with Gasteiger partial charge in [0.15, 0.2) is 0 Å². The molecule has 0 aliphatic heterocycles. The zero-order valence-corrected chi connectivity index (χ0v) is 11.4. The Hall–Kier alpha value is -0.970. The molecule has 1 heterocycles. The molecule has 1 aromatic rings. The third-order valence-corrected chi connectivity index (χ3v) is 2.39. The minimum Gasteiger partial charge on any atom is -0.309 e. The van der Waals surface area contributed by atoms with Crippen LogP contribution in [0.2, 0.25) is 0 Å². The van der Waals surface area contributed by atoms with E-state index in [1.807, 2.05) is 34.6 Å². The van der Waals surface area contributed by atoms with Gasteiger partial charge in [-0.15, -0.1) is 0 Å². The second-order valence-corrected chi connectivity index (χ2v) is 5.65. The Kier molecular flexibility index (Phi) is 4.62. The van der Waals surface area contributed by atoms with Crippen molar-refractivity contribution in [1.82, 2.24) is 20.1 Å². The van der Waals surface area contributed by atoms with Crippen molar-refractivity contribution in [3.8, 4) is 0 Å². The molecule has 0 aliphatic carbocycles. The van der Waals surface area contributed by atoms with Crippen LogP contribution < -0.4 is 5.32 Å². The first kappa shape index (κ1) is 14.1. The molecule has 1 rings (SSSR count). The van der Waals surface area contributed by atoms with E-state index in [1.165, 1.54) is 6.33 Å². The quantitative estimate of drug-likeness (QED) is 0.860. The van der Waals surface area contributed by atoms with Crippen LogP contribution in [-0.4, -0.2) is 33.0 Å². The molecule has 17 heavy (non-hydrogen) atoms. The Balaban J connectivity index is 2.50. The number of nitrogens with zero attached hydrogens (tertiary/aromatic N) is 3. The fraction of sp³-hybridized carbons (Fsp3) is 0.833. The van der Waals surface area contributed by atoms with Crippen LogP contribution in [0.5, 0.6) is 0 Å². The molecular weight excluding hydrogens is 219 g/mol. The van der Waals surface area contributed by atoms with Crippen molar-refractivity contribution in [2.45, 2.75) is 58.8 Å². The Morgan fingerprint density at radius 2 is 2.06 bits per heavy atom. The first-order chi connectivity index (χ1) is 7.79. The van der Waals surface area contributed by atoms with Gasteiger partial charge in [0.25, 0.3) is 0 Å². The van der Waals surface area contributed by atoms with Gasteiger partial charge in [-0.1, -0.05) is 0 Å². The molecule has 4 nitrogen and oxygen atoms in total. The van der Waals surface area contributed by atoms with Crippen molar-refractivity contribution in [2.75, 3.05) is 6.54 Å². The van der Waals surface area contributed by atoms with Crippen LogP contribution in [0.1, 0.15) is 46.5 Å². The molecule has 0 fully saturated rings. The average molecular weight is 242 g/mol. The lowest BCUT2D eigenvalue weighted by Gasteiger charge is -2.22. The maximum atomic E-state index is 13.8. The summed E-state index contributed by atoms with van der Waals surface area (Å²) < 4.78 is 15.6. The average Bonchev–Trinajstić information content (AvgIpc) is 2.62. The van der Waals surface area contributed by atoms with Gasteiger partial charge in [-0.2, -0.15) is 5.10 Å². The first-order valence-corrected chi connectivity index (χ1v) is 6.07. The van der Waals surface area contributed by atoms with E-state index in [4.69, 9.17) is 0 Å². The number of aromatic nitrogens is 3. The molecule has 0 spiro atoms. The number of hydrogen-bond donors (Lipinski definition) is 1. The van der Waals surface area contributed by atoms with Crippen molar-refractivity contribution in [3.63, 3.8) is 0 Å². The predicted molar refractivity (Wildman–Crippen MR) is 66.8 cm³/mol. The van der Waals surface area contributed by atoms with Crippen LogP contribution in [0.3, 0.4) is 0 Å². The second kappa shape index (κ2) is 5.58. The molecule has 0 radical (unpaired) electrons. The monoisotopic (exact) mass is 242 g/mol. The number of nitrogens with one attached hydrogen (secondary N) is 1. The molecule has 98 valence electrons. The summed E-state index contributed by atoms with van der Waals surface area (Å²) in [6, 6.07) is 0.218. The van der Waals surface area contributed by atoms with E-state index >= 15 is 0 Å². The van der Waals surface area contributed by atoms with E-state index < -0.39 is 6.17 Å². The van der Waals surface area contributed by atoms with Gasteiger partial charge < -0.3 is 5.32 Å². The molecular formula is C12H23FN4. The van der Waals surface area contributed by atoms with Gasteiger partial charge in [-0.3, -0.25) is 0 Å². The van der Waals surface area contributed by atoms with E-state index in [0.29, 0.717) is 18.8 Å². The highest BCUT2D eigenvalue weighted by molar-refractivity contribution is 4.90. The summed E-state index contributed by atoms with van der Waals surface area (Å²) in [5, 5.41) is 7.25. The standard InChI is InChI=1S/C12H23FN4/c1-9(2)17-11(14-8-16-17)6-10(13)7-15-12(3,4)5/h8-10,15H,6-7H2,1-5H3. The van der Waals surface area contributed by atoms with Crippen molar-refractivity contribution in [2.24, 2.45) is 0 Å². The van der Waals surface area contributed by atoms with Crippen LogP contribution >= 0.6 is 0 Å². The summed E-state index contributed by atoms with van der Waals surface area (Å²) in [7, 11) is 0. The highest BCUT2D eigenvalue weighted by Gasteiger charge is 2.17. The lowest BCUT2D eigenvalue weighted by molar-refractivity contribution is 0.277. The van der Waals surface area contributed by atoms with Gasteiger partial charge in [0.05, 0.1) is 0 Å². The lowest BCUT2D eigenvalue weighted by Crippen LogP contribution is -2.40. The van der Waals surface area contributed by atoms with E-state index in [0.717, 1.165) is 0 Å². The Labute approximate surface area is 103 Å². The van der Waals surface area contributed by atoms with Gasteiger partial charge >= 0.3 is 0 Å². The zero-order chi connectivity index (χ0) is 13.1. The Bertz CT molecular complexity index is 341. The normalized spacial score (nSPS) is 14.3. The number of hydrogen-bond acceptors (Lipinski definition) is 3. The summed E-state index contributed by atoms with van der Waals surface area (Å²) in [4.78, 5) is 4.11. The molecule has 0 saturated heterocycles. The van der Waals surface area contributed by atoms with Crippen LogP contribution in [0.4, 0.5) is 4.39 Å². The molecule has 0 amide bonds. The van der Waals surface area contributed by atoms with Crippen LogP contribution in [0.25, 0.3) is 0 Å². The Morgan fingerprint density at radius 3 is 2.59 bits per heavy atom. The van der Waals surface area contributed by atoms with E-state index in [1.54, 1.807) is 4.68 Å². The van der Waals surface area contributed by atoms with Crippen molar-refractivity contribution in [3.05, 3.63) is 12.2 Å². The minimum absolute atomic E-state index is 0.0595. The molecule has 0 aromatic carbocycles. The molecule has 0 saturated carbocycles. The van der Waals surface area contributed by atoms with E-state index in [-0.39, 0.29) is 11.6 Å². The zero-order valence-electron chi connectivity index (χ0n) is 11.4. The topological polar surface area (TPSA) is 42.7 Å². The lowest BCUT2D eigenvalue weighted by atomic mass is 10.1. The van der Waals surface area contributed by atoms with Gasteiger partial charge in [-0.25, -0.2) is 14.1 Å². The highest BCUT2D eigenvalue weighted by Crippen LogP contribution is 2.09. The smallest absolute Gasteiger partial charge is 0.138 e. The second-order valence-electron chi connectivity index (χ2n) is 5.65. The summed E-state index contributed by atoms with van der Waals surface area (Å²) >= 11 is 0. The van der Waals surface area contributed by atoms with Gasteiger partial charge in [-0.05, 0) is 34.6 Å². The summed E-state index contributed by atoms with van der Waals surface area (Å²) in [5.41, 5.74) is -0.0595. The van der Waals surface area contributed by atoms with Gasteiger partial charge in [0.2, 0.25) is 0 Å². The SMILES string of the molecule is CC(C)n1ncnc1CC(F)CNC(C)(C)C.